The van der Waals surface area contributed by atoms with E-state index < -0.39 is 0 Å². The van der Waals surface area contributed by atoms with Crippen molar-refractivity contribution in [1.29, 1.82) is 0 Å². The molecule has 0 N–H and O–H groups in total. The van der Waals surface area contributed by atoms with E-state index in [2.05, 4.69) is 38.1 Å². The van der Waals surface area contributed by atoms with Gasteiger partial charge in [0.25, 0.3) is 0 Å². The SMILES string of the molecule is CC(C)(C)N1C=C1. The van der Waals surface area contributed by atoms with E-state index in [1.165, 1.54) is 0 Å². The molecule has 0 saturated heterocycles. The third kappa shape index (κ3) is 0.952. The number of nitrogens with zero attached hydrogens (tertiary/aromatic N) is 1. The van der Waals surface area contributed by atoms with Gasteiger partial charge in [0, 0.05) is 17.9 Å². The fourth-order valence-electron chi connectivity index (χ4n) is 0.481. The van der Waals surface area contributed by atoms with E-state index in [1.54, 1.807) is 0 Å². The highest BCUT2D eigenvalue weighted by Crippen LogP contribution is 2.21. The highest BCUT2D eigenvalue weighted by Gasteiger charge is 2.21. The summed E-state index contributed by atoms with van der Waals surface area (Å²) in [5.41, 5.74) is 0.333. The molecule has 0 radical (unpaired) electrons. The van der Waals surface area contributed by atoms with Crippen molar-refractivity contribution < 1.29 is 0 Å². The lowest BCUT2D eigenvalue weighted by molar-refractivity contribution is 0.337. The smallest absolute Gasteiger partial charge is 0.0356 e. The van der Waals surface area contributed by atoms with Crippen molar-refractivity contribution in [2.75, 3.05) is 0 Å². The lowest BCUT2D eigenvalue weighted by Crippen LogP contribution is -2.24. The summed E-state index contributed by atoms with van der Waals surface area (Å²) < 4.78 is 0. The van der Waals surface area contributed by atoms with Gasteiger partial charge in [-0.2, -0.15) is 0 Å². The normalized spacial score (nSPS) is 17.9. The van der Waals surface area contributed by atoms with Crippen molar-refractivity contribution in [3.8, 4) is 0 Å². The van der Waals surface area contributed by atoms with Crippen LogP contribution in [0.25, 0.3) is 0 Å². The zero-order valence-electron chi connectivity index (χ0n) is 5.10. The standard InChI is InChI=1S/C6H11N/c1-6(2,3)7-4-5-7/h4-5H,1-3H3. The van der Waals surface area contributed by atoms with Crippen LogP contribution in [0.5, 0.6) is 0 Å². The molecule has 0 aromatic rings. The first-order valence-corrected chi connectivity index (χ1v) is 2.57. The summed E-state index contributed by atoms with van der Waals surface area (Å²) in [6.45, 7) is 6.56. The fraction of sp³-hybridized carbons (Fsp3) is 0.667. The van der Waals surface area contributed by atoms with Crippen LogP contribution in [0, 0.1) is 0 Å². The van der Waals surface area contributed by atoms with E-state index >= 15 is 0 Å². The Morgan fingerprint density at radius 1 is 1.14 bits per heavy atom. The van der Waals surface area contributed by atoms with Crippen molar-refractivity contribution in [1.82, 2.24) is 4.90 Å². The second-order valence-corrected chi connectivity index (χ2v) is 2.88. The van der Waals surface area contributed by atoms with Gasteiger partial charge >= 0.3 is 0 Å². The zero-order chi connectivity index (χ0) is 5.49. The van der Waals surface area contributed by atoms with Crippen LogP contribution in [0.3, 0.4) is 0 Å². The van der Waals surface area contributed by atoms with Gasteiger partial charge in [-0.15, -0.1) is 0 Å². The van der Waals surface area contributed by atoms with E-state index in [9.17, 15) is 0 Å². The summed E-state index contributed by atoms with van der Waals surface area (Å²) in [6.07, 6.45) is 4.17. The molecule has 1 heterocycles. The molecule has 40 valence electrons. The molecule has 0 fully saturated rings. The average Bonchev–Trinajstić information content (AvgIpc) is 1.99. The monoisotopic (exact) mass is 97.1 g/mol. The fourth-order valence-corrected chi connectivity index (χ4v) is 0.481. The molecule has 0 bridgehead atoms. The van der Waals surface area contributed by atoms with Crippen LogP contribution < -0.4 is 0 Å². The molecule has 0 aromatic heterocycles. The Balaban J connectivity index is 2.38. The van der Waals surface area contributed by atoms with Gasteiger partial charge in [0.1, 0.15) is 0 Å². The van der Waals surface area contributed by atoms with Crippen molar-refractivity contribution in [3.63, 3.8) is 0 Å². The third-order valence-corrected chi connectivity index (χ3v) is 1.07. The van der Waals surface area contributed by atoms with Crippen molar-refractivity contribution >= 4 is 0 Å². The summed E-state index contributed by atoms with van der Waals surface area (Å²) in [7, 11) is 0. The van der Waals surface area contributed by atoms with Crippen LogP contribution in [0.4, 0.5) is 0 Å². The van der Waals surface area contributed by atoms with Crippen LogP contribution in [0.15, 0.2) is 12.4 Å². The Kier molecular flexibility index (Phi) is 0.689. The first-order valence-electron chi connectivity index (χ1n) is 2.57. The summed E-state index contributed by atoms with van der Waals surface area (Å²) in [5, 5.41) is 0. The summed E-state index contributed by atoms with van der Waals surface area (Å²) >= 11 is 0. The lowest BCUT2D eigenvalue weighted by Gasteiger charge is -2.20. The van der Waals surface area contributed by atoms with E-state index in [0.717, 1.165) is 0 Å². The molecule has 0 unspecified atom stereocenters. The Hall–Kier alpha value is -0.460. The van der Waals surface area contributed by atoms with Crippen LogP contribution in [0.2, 0.25) is 0 Å². The zero-order valence-corrected chi connectivity index (χ0v) is 5.10. The van der Waals surface area contributed by atoms with E-state index in [-0.39, 0.29) is 0 Å². The van der Waals surface area contributed by atoms with E-state index in [4.69, 9.17) is 0 Å². The molecule has 0 aromatic carbocycles. The molecular formula is C6H11N. The van der Waals surface area contributed by atoms with Crippen molar-refractivity contribution in [2.24, 2.45) is 0 Å². The van der Waals surface area contributed by atoms with Gasteiger partial charge in [-0.05, 0) is 20.8 Å². The molecule has 0 atom stereocenters. The highest BCUT2D eigenvalue weighted by atomic mass is 15.2. The second kappa shape index (κ2) is 1.03. The molecule has 0 aliphatic carbocycles. The van der Waals surface area contributed by atoms with Crippen LogP contribution in [0.1, 0.15) is 20.8 Å². The molecular weight excluding hydrogens is 86.1 g/mol. The number of hydrogen-bond donors (Lipinski definition) is 0. The predicted molar refractivity (Wildman–Crippen MR) is 30.7 cm³/mol. The molecule has 1 heteroatoms. The van der Waals surface area contributed by atoms with E-state index in [0.29, 0.717) is 5.54 Å². The minimum atomic E-state index is 0.333. The first-order chi connectivity index (χ1) is 3.11. The Morgan fingerprint density at radius 3 is 1.57 bits per heavy atom. The molecule has 1 aliphatic rings. The largest absolute Gasteiger partial charge is 0.346 e. The van der Waals surface area contributed by atoms with Crippen molar-refractivity contribution in [2.45, 2.75) is 26.3 Å². The quantitative estimate of drug-likeness (QED) is 0.443. The lowest BCUT2D eigenvalue weighted by atomic mass is 10.1. The highest BCUT2D eigenvalue weighted by molar-refractivity contribution is 5.07. The van der Waals surface area contributed by atoms with Gasteiger partial charge in [0.2, 0.25) is 0 Å². The molecule has 1 nitrogen and oxygen atoms in total. The Morgan fingerprint density at radius 2 is 1.57 bits per heavy atom. The van der Waals surface area contributed by atoms with Gasteiger partial charge in [-0.1, -0.05) is 0 Å². The Labute approximate surface area is 44.6 Å². The van der Waals surface area contributed by atoms with Crippen LogP contribution >= 0.6 is 0 Å². The second-order valence-electron chi connectivity index (χ2n) is 2.88. The maximum Gasteiger partial charge on any atom is 0.0356 e. The van der Waals surface area contributed by atoms with Gasteiger partial charge < -0.3 is 4.90 Å². The average molecular weight is 97.2 g/mol. The molecule has 1 aliphatic heterocycles. The molecule has 0 saturated carbocycles. The number of rotatable bonds is 0. The molecule has 0 spiro atoms. The predicted octanol–water partition coefficient (Wildman–Crippen LogP) is 1.57. The van der Waals surface area contributed by atoms with Gasteiger partial charge in [-0.3, -0.25) is 0 Å². The maximum atomic E-state index is 2.19. The maximum absolute atomic E-state index is 2.19. The summed E-state index contributed by atoms with van der Waals surface area (Å²) in [5.74, 6) is 0. The summed E-state index contributed by atoms with van der Waals surface area (Å²) in [4.78, 5) is 2.19. The third-order valence-electron chi connectivity index (χ3n) is 1.07. The first kappa shape index (κ1) is 4.69. The number of hydrogen-bond acceptors (Lipinski definition) is 1. The van der Waals surface area contributed by atoms with Gasteiger partial charge in [0.05, 0.1) is 0 Å². The summed E-state index contributed by atoms with van der Waals surface area (Å²) in [6, 6.07) is 0. The van der Waals surface area contributed by atoms with Crippen LogP contribution in [-0.4, -0.2) is 10.4 Å². The topological polar surface area (TPSA) is 3.01 Å². The van der Waals surface area contributed by atoms with Gasteiger partial charge in [-0.25, -0.2) is 0 Å². The molecule has 1 rings (SSSR count). The van der Waals surface area contributed by atoms with E-state index in [1.807, 2.05) is 0 Å². The molecule has 0 amide bonds. The molecule has 7 heavy (non-hydrogen) atoms. The van der Waals surface area contributed by atoms with Gasteiger partial charge in [0.15, 0.2) is 0 Å². The van der Waals surface area contributed by atoms with Crippen LogP contribution in [-0.2, 0) is 0 Å². The van der Waals surface area contributed by atoms with Crippen molar-refractivity contribution in [3.05, 3.63) is 12.4 Å². The minimum absolute atomic E-state index is 0.333. The Bertz CT molecular complexity index is 91.2. The minimum Gasteiger partial charge on any atom is -0.346 e.